The van der Waals surface area contributed by atoms with E-state index >= 15 is 0 Å². The lowest BCUT2D eigenvalue weighted by Crippen LogP contribution is -2.36. The van der Waals surface area contributed by atoms with Crippen molar-refractivity contribution in [3.05, 3.63) is 35.9 Å². The van der Waals surface area contributed by atoms with E-state index in [4.69, 9.17) is 0 Å². The van der Waals surface area contributed by atoms with E-state index in [1.165, 1.54) is 6.42 Å². The quantitative estimate of drug-likeness (QED) is 0.793. The highest BCUT2D eigenvalue weighted by Gasteiger charge is 2.19. The van der Waals surface area contributed by atoms with Gasteiger partial charge in [0, 0.05) is 18.2 Å². The summed E-state index contributed by atoms with van der Waals surface area (Å²) in [6, 6.07) is 10.9. The zero-order valence-electron chi connectivity index (χ0n) is 10.4. The maximum Gasteiger partial charge on any atom is 0.0608 e. The summed E-state index contributed by atoms with van der Waals surface area (Å²) in [5.41, 5.74) is 1.10. The Kier molecular flexibility index (Phi) is 4.61. The fourth-order valence-corrected chi connectivity index (χ4v) is 2.21. The molecular formula is C15H20N2. The average molecular weight is 228 g/mol. The monoisotopic (exact) mass is 228 g/mol. The van der Waals surface area contributed by atoms with Gasteiger partial charge in [-0.2, -0.15) is 0 Å². The Balaban J connectivity index is 1.89. The molecule has 1 aromatic rings. The van der Waals surface area contributed by atoms with E-state index < -0.39 is 0 Å². The van der Waals surface area contributed by atoms with Crippen LogP contribution in [0.1, 0.15) is 18.9 Å². The van der Waals surface area contributed by atoms with Gasteiger partial charge in [0.2, 0.25) is 0 Å². The van der Waals surface area contributed by atoms with Gasteiger partial charge < -0.3 is 5.32 Å². The van der Waals surface area contributed by atoms with Gasteiger partial charge in [0.1, 0.15) is 0 Å². The largest absolute Gasteiger partial charge is 0.315 e. The van der Waals surface area contributed by atoms with Gasteiger partial charge in [-0.3, -0.25) is 4.90 Å². The molecule has 1 unspecified atom stereocenters. The third kappa shape index (κ3) is 3.59. The fraction of sp³-hybridized carbons (Fsp3) is 0.467. The maximum absolute atomic E-state index is 3.41. The second-order valence-corrected chi connectivity index (χ2v) is 4.38. The minimum absolute atomic E-state index is 0.671. The van der Waals surface area contributed by atoms with Gasteiger partial charge in [0.05, 0.1) is 6.54 Å². The predicted octanol–water partition coefficient (Wildman–Crippen LogP) is 1.72. The summed E-state index contributed by atoms with van der Waals surface area (Å²) in [6.45, 7) is 6.42. The van der Waals surface area contributed by atoms with E-state index in [9.17, 15) is 0 Å². The first-order valence-electron chi connectivity index (χ1n) is 6.39. The lowest BCUT2D eigenvalue weighted by Gasteiger charge is -2.24. The second kappa shape index (κ2) is 6.44. The van der Waals surface area contributed by atoms with Gasteiger partial charge in [-0.25, -0.2) is 0 Å². The molecule has 1 saturated heterocycles. The molecular weight excluding hydrogens is 208 g/mol. The number of nitrogens with zero attached hydrogens (tertiary/aromatic N) is 1. The molecule has 17 heavy (non-hydrogen) atoms. The minimum Gasteiger partial charge on any atom is -0.315 e. The molecule has 1 aromatic carbocycles. The SMILES string of the molecule is CCN(CC#Cc1ccccc1)C1CCNC1. The van der Waals surface area contributed by atoms with E-state index in [0.29, 0.717) is 6.04 Å². The zero-order chi connectivity index (χ0) is 11.9. The van der Waals surface area contributed by atoms with Crippen molar-refractivity contribution in [1.29, 1.82) is 0 Å². The van der Waals surface area contributed by atoms with Gasteiger partial charge in [-0.1, -0.05) is 37.0 Å². The van der Waals surface area contributed by atoms with Gasteiger partial charge >= 0.3 is 0 Å². The fourth-order valence-electron chi connectivity index (χ4n) is 2.21. The van der Waals surface area contributed by atoms with Crippen LogP contribution in [-0.4, -0.2) is 37.1 Å². The standard InChI is InChI=1S/C15H20N2/c1-2-17(15-10-11-16-13-15)12-6-9-14-7-4-3-5-8-14/h3-5,7-8,15-16H,2,10-13H2,1H3. The molecule has 90 valence electrons. The summed E-state index contributed by atoms with van der Waals surface area (Å²) in [5, 5.41) is 3.41. The van der Waals surface area contributed by atoms with Crippen LogP contribution in [0.25, 0.3) is 0 Å². The van der Waals surface area contributed by atoms with Crippen molar-refractivity contribution in [3.63, 3.8) is 0 Å². The van der Waals surface area contributed by atoms with Crippen LogP contribution < -0.4 is 5.32 Å². The number of benzene rings is 1. The lowest BCUT2D eigenvalue weighted by atomic mass is 10.2. The summed E-state index contributed by atoms with van der Waals surface area (Å²) in [7, 11) is 0. The van der Waals surface area contributed by atoms with E-state index in [0.717, 1.165) is 31.7 Å². The van der Waals surface area contributed by atoms with Crippen molar-refractivity contribution in [3.8, 4) is 11.8 Å². The molecule has 0 amide bonds. The van der Waals surface area contributed by atoms with Crippen LogP contribution in [0.2, 0.25) is 0 Å². The van der Waals surface area contributed by atoms with E-state index in [1.807, 2.05) is 18.2 Å². The molecule has 0 saturated carbocycles. The molecule has 0 radical (unpaired) electrons. The second-order valence-electron chi connectivity index (χ2n) is 4.38. The number of rotatable bonds is 3. The first kappa shape index (κ1) is 12.2. The summed E-state index contributed by atoms with van der Waals surface area (Å²) in [6.07, 6.45) is 1.25. The van der Waals surface area contributed by atoms with Crippen LogP contribution >= 0.6 is 0 Å². The molecule has 0 aliphatic carbocycles. The maximum atomic E-state index is 3.41. The normalized spacial score (nSPS) is 19.1. The summed E-state index contributed by atoms with van der Waals surface area (Å²) in [5.74, 6) is 6.50. The third-order valence-electron chi connectivity index (χ3n) is 3.25. The molecule has 1 fully saturated rings. The number of hydrogen-bond donors (Lipinski definition) is 1. The first-order chi connectivity index (χ1) is 8.40. The number of hydrogen-bond acceptors (Lipinski definition) is 2. The van der Waals surface area contributed by atoms with Crippen LogP contribution in [0.4, 0.5) is 0 Å². The Morgan fingerprint density at radius 1 is 1.35 bits per heavy atom. The van der Waals surface area contributed by atoms with Crippen LogP contribution in [0.3, 0.4) is 0 Å². The van der Waals surface area contributed by atoms with Crippen LogP contribution in [0.15, 0.2) is 30.3 Å². The molecule has 2 rings (SSSR count). The topological polar surface area (TPSA) is 15.3 Å². The number of nitrogens with one attached hydrogen (secondary N) is 1. The number of likely N-dealkylation sites (N-methyl/N-ethyl adjacent to an activating group) is 1. The lowest BCUT2D eigenvalue weighted by molar-refractivity contribution is 0.247. The van der Waals surface area contributed by atoms with Gasteiger partial charge in [0.25, 0.3) is 0 Å². The molecule has 1 heterocycles. The molecule has 0 spiro atoms. The molecule has 2 heteroatoms. The summed E-state index contributed by atoms with van der Waals surface area (Å²) < 4.78 is 0. The molecule has 0 aromatic heterocycles. The third-order valence-corrected chi connectivity index (χ3v) is 3.25. The van der Waals surface area contributed by atoms with E-state index in [1.54, 1.807) is 0 Å². The van der Waals surface area contributed by atoms with Crippen LogP contribution in [0.5, 0.6) is 0 Å². The Labute approximate surface area is 104 Å². The van der Waals surface area contributed by atoms with Crippen molar-refractivity contribution in [2.75, 3.05) is 26.2 Å². The van der Waals surface area contributed by atoms with E-state index in [2.05, 4.69) is 41.1 Å². The molecule has 1 aliphatic heterocycles. The highest BCUT2D eigenvalue weighted by molar-refractivity contribution is 5.33. The zero-order valence-corrected chi connectivity index (χ0v) is 10.4. The molecule has 1 N–H and O–H groups in total. The van der Waals surface area contributed by atoms with Crippen molar-refractivity contribution >= 4 is 0 Å². The summed E-state index contributed by atoms with van der Waals surface area (Å²) >= 11 is 0. The highest BCUT2D eigenvalue weighted by Crippen LogP contribution is 2.07. The van der Waals surface area contributed by atoms with Gasteiger partial charge in [0.15, 0.2) is 0 Å². The minimum atomic E-state index is 0.671. The highest BCUT2D eigenvalue weighted by atomic mass is 15.2. The molecule has 0 bridgehead atoms. The van der Waals surface area contributed by atoms with E-state index in [-0.39, 0.29) is 0 Å². The average Bonchev–Trinajstić information content (AvgIpc) is 2.90. The summed E-state index contributed by atoms with van der Waals surface area (Å²) in [4.78, 5) is 2.45. The van der Waals surface area contributed by atoms with Crippen LogP contribution in [-0.2, 0) is 0 Å². The van der Waals surface area contributed by atoms with Gasteiger partial charge in [-0.15, -0.1) is 0 Å². The van der Waals surface area contributed by atoms with Crippen molar-refractivity contribution in [2.45, 2.75) is 19.4 Å². The first-order valence-corrected chi connectivity index (χ1v) is 6.39. The Morgan fingerprint density at radius 3 is 2.82 bits per heavy atom. The van der Waals surface area contributed by atoms with Crippen molar-refractivity contribution < 1.29 is 0 Å². The molecule has 2 nitrogen and oxygen atoms in total. The Bertz CT molecular complexity index is 382. The molecule has 1 atom stereocenters. The Morgan fingerprint density at radius 2 is 2.18 bits per heavy atom. The smallest absolute Gasteiger partial charge is 0.0608 e. The van der Waals surface area contributed by atoms with Crippen molar-refractivity contribution in [1.82, 2.24) is 10.2 Å². The van der Waals surface area contributed by atoms with Crippen molar-refractivity contribution in [2.24, 2.45) is 0 Å². The predicted molar refractivity (Wildman–Crippen MR) is 71.8 cm³/mol. The Hall–Kier alpha value is -1.30. The molecule has 1 aliphatic rings. The van der Waals surface area contributed by atoms with Crippen LogP contribution in [0, 0.1) is 11.8 Å². The van der Waals surface area contributed by atoms with Gasteiger partial charge in [-0.05, 0) is 31.6 Å².